The second-order valence-electron chi connectivity index (χ2n) is 8.56. The number of aromatic nitrogens is 1. The standard InChI is InChI=1S/C24H29FN4O/c1-4-26-22(20-9-13-27-17(20)3)29-14-10-21(24(15-29)11-12-24)23(30)28-16(2)18-5-7-19(25)8-6-18/h4-9,13,16,21,27H,1,10-12,14-15H2,2-3H3,(H,28,30). The van der Waals surface area contributed by atoms with Crippen LogP contribution in [0.3, 0.4) is 0 Å². The maximum absolute atomic E-state index is 13.2. The molecule has 1 saturated heterocycles. The third kappa shape index (κ3) is 3.91. The van der Waals surface area contributed by atoms with Gasteiger partial charge in [0.25, 0.3) is 0 Å². The van der Waals surface area contributed by atoms with Gasteiger partial charge in [-0.15, -0.1) is 0 Å². The molecule has 0 radical (unpaired) electrons. The van der Waals surface area contributed by atoms with Crippen LogP contribution >= 0.6 is 0 Å². The summed E-state index contributed by atoms with van der Waals surface area (Å²) >= 11 is 0. The van der Waals surface area contributed by atoms with Crippen molar-refractivity contribution >= 4 is 11.7 Å². The number of aryl methyl sites for hydroxylation is 1. The van der Waals surface area contributed by atoms with Gasteiger partial charge in [0.2, 0.25) is 5.91 Å². The molecule has 1 aliphatic heterocycles. The Labute approximate surface area is 177 Å². The third-order valence-corrected chi connectivity index (χ3v) is 6.58. The van der Waals surface area contributed by atoms with E-state index in [1.165, 1.54) is 12.1 Å². The molecule has 2 fully saturated rings. The van der Waals surface area contributed by atoms with Crippen LogP contribution in [0.1, 0.15) is 49.0 Å². The summed E-state index contributed by atoms with van der Waals surface area (Å²) in [5.74, 6) is 0.753. The number of likely N-dealkylation sites (tertiary alicyclic amines) is 1. The van der Waals surface area contributed by atoms with E-state index < -0.39 is 0 Å². The SMILES string of the molecule is C=CN=C(c1cc[nH]c1C)N1CCC(C(=O)NC(C)c2ccc(F)cc2)C2(CC2)C1. The van der Waals surface area contributed by atoms with Crippen molar-refractivity contribution in [3.05, 3.63) is 71.9 Å². The van der Waals surface area contributed by atoms with Crippen molar-refractivity contribution in [2.75, 3.05) is 13.1 Å². The molecular formula is C24H29FN4O. The number of nitrogens with zero attached hydrogens (tertiary/aromatic N) is 2. The molecule has 1 aromatic heterocycles. The molecule has 0 bridgehead atoms. The Morgan fingerprint density at radius 1 is 1.37 bits per heavy atom. The number of nitrogens with one attached hydrogen (secondary N) is 2. The number of piperidine rings is 1. The summed E-state index contributed by atoms with van der Waals surface area (Å²) in [6, 6.07) is 8.22. The first-order valence-corrected chi connectivity index (χ1v) is 10.6. The number of halogens is 1. The number of H-pyrrole nitrogens is 1. The molecule has 4 rings (SSSR count). The first-order valence-electron chi connectivity index (χ1n) is 10.6. The smallest absolute Gasteiger partial charge is 0.224 e. The zero-order valence-electron chi connectivity index (χ0n) is 17.6. The molecule has 6 heteroatoms. The predicted molar refractivity (Wildman–Crippen MR) is 117 cm³/mol. The van der Waals surface area contributed by atoms with Crippen molar-refractivity contribution in [1.29, 1.82) is 0 Å². The Morgan fingerprint density at radius 3 is 2.70 bits per heavy atom. The van der Waals surface area contributed by atoms with Crippen molar-refractivity contribution < 1.29 is 9.18 Å². The number of carbonyl (C=O) groups excluding carboxylic acids is 1. The molecule has 2 N–H and O–H groups in total. The number of rotatable bonds is 5. The van der Waals surface area contributed by atoms with Gasteiger partial charge >= 0.3 is 0 Å². The zero-order chi connectivity index (χ0) is 21.3. The van der Waals surface area contributed by atoms with Crippen molar-refractivity contribution in [1.82, 2.24) is 15.2 Å². The Kier molecular flexibility index (Phi) is 5.50. The lowest BCUT2D eigenvalue weighted by atomic mass is 9.81. The highest BCUT2D eigenvalue weighted by atomic mass is 19.1. The summed E-state index contributed by atoms with van der Waals surface area (Å²) in [6.45, 7) is 9.38. The molecule has 2 aliphatic rings. The molecule has 2 atom stereocenters. The second-order valence-corrected chi connectivity index (χ2v) is 8.56. The van der Waals surface area contributed by atoms with Crippen LogP contribution < -0.4 is 5.32 Å². The van der Waals surface area contributed by atoms with Gasteiger partial charge in [-0.3, -0.25) is 4.79 Å². The molecule has 5 nitrogen and oxygen atoms in total. The molecule has 1 aliphatic carbocycles. The van der Waals surface area contributed by atoms with E-state index in [4.69, 9.17) is 0 Å². The van der Waals surface area contributed by atoms with E-state index in [0.29, 0.717) is 0 Å². The largest absolute Gasteiger partial charge is 0.365 e. The number of hydrogen-bond donors (Lipinski definition) is 2. The molecule has 2 unspecified atom stereocenters. The van der Waals surface area contributed by atoms with Crippen molar-refractivity contribution in [2.45, 2.75) is 39.2 Å². The molecule has 1 spiro atoms. The number of carbonyl (C=O) groups is 1. The van der Waals surface area contributed by atoms with Crippen LogP contribution in [0.5, 0.6) is 0 Å². The molecular weight excluding hydrogens is 379 g/mol. The lowest BCUT2D eigenvalue weighted by Gasteiger charge is -2.40. The first kappa shape index (κ1) is 20.4. The summed E-state index contributed by atoms with van der Waals surface area (Å²) in [5.41, 5.74) is 3.08. The topological polar surface area (TPSA) is 60.5 Å². The summed E-state index contributed by atoms with van der Waals surface area (Å²) in [5, 5.41) is 3.16. The van der Waals surface area contributed by atoms with E-state index >= 15 is 0 Å². The van der Waals surface area contributed by atoms with Crippen LogP contribution in [-0.4, -0.2) is 34.7 Å². The van der Waals surface area contributed by atoms with Crippen molar-refractivity contribution in [3.63, 3.8) is 0 Å². The van der Waals surface area contributed by atoms with Gasteiger partial charge in [-0.05, 0) is 62.3 Å². The summed E-state index contributed by atoms with van der Waals surface area (Å²) in [7, 11) is 0. The summed E-state index contributed by atoms with van der Waals surface area (Å²) in [6.07, 6.45) is 6.42. The van der Waals surface area contributed by atoms with E-state index in [1.54, 1.807) is 18.3 Å². The van der Waals surface area contributed by atoms with Gasteiger partial charge in [0.05, 0.1) is 6.04 Å². The minimum atomic E-state index is -0.267. The zero-order valence-corrected chi connectivity index (χ0v) is 17.6. The molecule has 1 amide bonds. The van der Waals surface area contributed by atoms with Gasteiger partial charge in [-0.25, -0.2) is 9.38 Å². The van der Waals surface area contributed by atoms with Gasteiger partial charge in [-0.2, -0.15) is 0 Å². The number of amidine groups is 1. The molecule has 30 heavy (non-hydrogen) atoms. The van der Waals surface area contributed by atoms with Gasteiger partial charge in [0, 0.05) is 42.7 Å². The molecule has 158 valence electrons. The maximum Gasteiger partial charge on any atom is 0.224 e. The van der Waals surface area contributed by atoms with Gasteiger partial charge in [0.1, 0.15) is 11.7 Å². The number of amides is 1. The van der Waals surface area contributed by atoms with Crippen LogP contribution in [0.25, 0.3) is 0 Å². The van der Waals surface area contributed by atoms with Crippen molar-refractivity contribution in [2.24, 2.45) is 16.3 Å². The average Bonchev–Trinajstić information content (AvgIpc) is 3.35. The van der Waals surface area contributed by atoms with E-state index in [9.17, 15) is 9.18 Å². The van der Waals surface area contributed by atoms with E-state index in [-0.39, 0.29) is 29.1 Å². The fourth-order valence-corrected chi connectivity index (χ4v) is 4.67. The monoisotopic (exact) mass is 408 g/mol. The molecule has 1 aromatic carbocycles. The Morgan fingerprint density at radius 2 is 2.10 bits per heavy atom. The summed E-state index contributed by atoms with van der Waals surface area (Å²) < 4.78 is 13.2. The van der Waals surface area contributed by atoms with Crippen molar-refractivity contribution in [3.8, 4) is 0 Å². The highest BCUT2D eigenvalue weighted by Crippen LogP contribution is 2.56. The number of hydrogen-bond acceptors (Lipinski definition) is 2. The Balaban J connectivity index is 1.46. The van der Waals surface area contributed by atoms with Crippen LogP contribution in [-0.2, 0) is 4.79 Å². The van der Waals surface area contributed by atoms with E-state index in [2.05, 4.69) is 26.8 Å². The number of benzene rings is 1. The minimum absolute atomic E-state index is 0.00560. The Bertz CT molecular complexity index is 958. The fraction of sp³-hybridized carbons (Fsp3) is 0.417. The van der Waals surface area contributed by atoms with Crippen LogP contribution in [0.4, 0.5) is 4.39 Å². The molecule has 1 saturated carbocycles. The van der Waals surface area contributed by atoms with Gasteiger partial charge < -0.3 is 15.2 Å². The average molecular weight is 409 g/mol. The van der Waals surface area contributed by atoms with Crippen LogP contribution in [0.15, 0.2) is 54.3 Å². The van der Waals surface area contributed by atoms with E-state index in [1.807, 2.05) is 26.1 Å². The highest BCUT2D eigenvalue weighted by molar-refractivity contribution is 6.00. The van der Waals surface area contributed by atoms with Gasteiger partial charge in [0.15, 0.2) is 0 Å². The normalized spacial score (nSPS) is 21.4. The van der Waals surface area contributed by atoms with Crippen LogP contribution in [0.2, 0.25) is 0 Å². The lowest BCUT2D eigenvalue weighted by Crippen LogP contribution is -2.50. The minimum Gasteiger partial charge on any atom is -0.365 e. The quantitative estimate of drug-likeness (QED) is 0.571. The van der Waals surface area contributed by atoms with Crippen LogP contribution in [0, 0.1) is 24.1 Å². The fourth-order valence-electron chi connectivity index (χ4n) is 4.67. The number of aromatic amines is 1. The third-order valence-electron chi connectivity index (χ3n) is 6.58. The number of aliphatic imine (C=N–C) groups is 1. The summed E-state index contributed by atoms with van der Waals surface area (Å²) in [4.78, 5) is 23.2. The molecule has 2 heterocycles. The second kappa shape index (κ2) is 8.09. The van der Waals surface area contributed by atoms with Gasteiger partial charge in [-0.1, -0.05) is 18.7 Å². The molecule has 2 aromatic rings. The highest BCUT2D eigenvalue weighted by Gasteiger charge is 2.55. The van der Waals surface area contributed by atoms with E-state index in [0.717, 1.165) is 55.0 Å². The lowest BCUT2D eigenvalue weighted by molar-refractivity contribution is -0.129. The predicted octanol–water partition coefficient (Wildman–Crippen LogP) is 4.33. The Hall–Kier alpha value is -2.89. The maximum atomic E-state index is 13.2. The first-order chi connectivity index (χ1) is 14.4.